The highest BCUT2D eigenvalue weighted by Gasteiger charge is 2.10. The highest BCUT2D eigenvalue weighted by Crippen LogP contribution is 2.03. The lowest BCUT2D eigenvalue weighted by molar-refractivity contribution is 0.0157. The molecule has 0 fully saturated rings. The van der Waals surface area contributed by atoms with Gasteiger partial charge in [0.1, 0.15) is 0 Å². The number of hydrogen-bond acceptors (Lipinski definition) is 4. The van der Waals surface area contributed by atoms with Crippen molar-refractivity contribution in [2.45, 2.75) is 65.3 Å². The van der Waals surface area contributed by atoms with Crippen molar-refractivity contribution in [1.29, 1.82) is 0 Å². The van der Waals surface area contributed by atoms with Gasteiger partial charge in [-0.3, -0.25) is 0 Å². The third-order valence-electron chi connectivity index (χ3n) is 2.64. The van der Waals surface area contributed by atoms with E-state index in [2.05, 4.69) is 0 Å². The lowest BCUT2D eigenvalue weighted by Crippen LogP contribution is -2.23. The van der Waals surface area contributed by atoms with Gasteiger partial charge in [0, 0.05) is 12.5 Å². The molecule has 0 aliphatic carbocycles. The third kappa shape index (κ3) is 9.09. The molecule has 0 bridgehead atoms. The summed E-state index contributed by atoms with van der Waals surface area (Å²) >= 11 is 0. The highest BCUT2D eigenvalue weighted by molar-refractivity contribution is 4.61. The molecule has 0 spiro atoms. The van der Waals surface area contributed by atoms with E-state index in [1.54, 1.807) is 0 Å². The number of hydrogen-bond donors (Lipinski definition) is 4. The minimum absolute atomic E-state index is 0.0278. The van der Waals surface area contributed by atoms with Gasteiger partial charge in [0.05, 0.1) is 18.3 Å². The molecule has 0 aromatic carbocycles. The summed E-state index contributed by atoms with van der Waals surface area (Å²) in [5, 5.41) is 35.2. The Kier molecular flexibility index (Phi) is 12.9. The van der Waals surface area contributed by atoms with Crippen LogP contribution in [0.2, 0.25) is 0 Å². The fraction of sp³-hybridized carbons (Fsp3) is 1.00. The van der Waals surface area contributed by atoms with Gasteiger partial charge in [0.15, 0.2) is 0 Å². The van der Waals surface area contributed by atoms with E-state index in [9.17, 15) is 0 Å². The van der Waals surface area contributed by atoms with Crippen molar-refractivity contribution in [2.75, 3.05) is 6.61 Å². The molecule has 16 heavy (non-hydrogen) atoms. The lowest BCUT2D eigenvalue weighted by Gasteiger charge is -2.12. The summed E-state index contributed by atoms with van der Waals surface area (Å²) < 4.78 is 0. The van der Waals surface area contributed by atoms with Crippen LogP contribution in [0.5, 0.6) is 0 Å². The maximum atomic E-state index is 8.97. The second-order valence-electron chi connectivity index (χ2n) is 4.09. The van der Waals surface area contributed by atoms with E-state index in [-0.39, 0.29) is 18.6 Å². The quantitative estimate of drug-likeness (QED) is 0.553. The average Bonchev–Trinajstić information content (AvgIpc) is 2.35. The SMILES string of the molecule is CCC(O)C(C)CO.CCC(O)C(O)CC. The van der Waals surface area contributed by atoms with Gasteiger partial charge in [0.2, 0.25) is 0 Å². The summed E-state index contributed by atoms with van der Waals surface area (Å²) in [4.78, 5) is 0. The van der Waals surface area contributed by atoms with E-state index in [4.69, 9.17) is 20.4 Å². The van der Waals surface area contributed by atoms with Crippen LogP contribution in [-0.2, 0) is 0 Å². The summed E-state index contributed by atoms with van der Waals surface area (Å²) in [6.07, 6.45) is 0.603. The fourth-order valence-corrected chi connectivity index (χ4v) is 1.07. The molecule has 0 aromatic heterocycles. The lowest BCUT2D eigenvalue weighted by atomic mass is 10.0. The Morgan fingerprint density at radius 2 is 1.06 bits per heavy atom. The Bertz CT molecular complexity index is 109. The molecular weight excluding hydrogens is 208 g/mol. The van der Waals surface area contributed by atoms with Gasteiger partial charge in [-0.2, -0.15) is 0 Å². The fourth-order valence-electron chi connectivity index (χ4n) is 1.07. The molecule has 0 aliphatic heterocycles. The summed E-state index contributed by atoms with van der Waals surface area (Å²) in [6.45, 7) is 7.51. The van der Waals surface area contributed by atoms with Crippen LogP contribution in [-0.4, -0.2) is 45.3 Å². The number of aliphatic hydroxyl groups is 4. The molecule has 0 amide bonds. The smallest absolute Gasteiger partial charge is 0.0796 e. The van der Waals surface area contributed by atoms with E-state index in [0.29, 0.717) is 12.8 Å². The van der Waals surface area contributed by atoms with Crippen molar-refractivity contribution in [3.05, 3.63) is 0 Å². The Hall–Kier alpha value is -0.160. The van der Waals surface area contributed by atoms with Crippen LogP contribution >= 0.6 is 0 Å². The molecule has 4 heteroatoms. The molecular formula is C12H28O4. The van der Waals surface area contributed by atoms with Gasteiger partial charge in [-0.15, -0.1) is 0 Å². The van der Waals surface area contributed by atoms with Gasteiger partial charge in [-0.1, -0.05) is 27.7 Å². The molecule has 0 aliphatic rings. The molecule has 100 valence electrons. The Morgan fingerprint density at radius 3 is 1.19 bits per heavy atom. The minimum atomic E-state index is -0.528. The number of rotatable bonds is 6. The van der Waals surface area contributed by atoms with Crippen molar-refractivity contribution in [3.8, 4) is 0 Å². The molecule has 4 unspecified atom stereocenters. The van der Waals surface area contributed by atoms with E-state index in [1.165, 1.54) is 0 Å². The van der Waals surface area contributed by atoms with Crippen LogP contribution in [0.1, 0.15) is 47.0 Å². The van der Waals surface area contributed by atoms with Crippen LogP contribution in [0.3, 0.4) is 0 Å². The normalized spacial score (nSPS) is 18.0. The third-order valence-corrected chi connectivity index (χ3v) is 2.64. The van der Waals surface area contributed by atoms with Crippen LogP contribution in [0.4, 0.5) is 0 Å². The minimum Gasteiger partial charge on any atom is -0.396 e. The topological polar surface area (TPSA) is 80.9 Å². The van der Waals surface area contributed by atoms with Crippen molar-refractivity contribution in [2.24, 2.45) is 5.92 Å². The predicted octanol–water partition coefficient (Wildman–Crippen LogP) is 0.914. The van der Waals surface area contributed by atoms with Crippen molar-refractivity contribution in [3.63, 3.8) is 0 Å². The Balaban J connectivity index is 0. The highest BCUT2D eigenvalue weighted by atomic mass is 16.3. The summed E-state index contributed by atoms with van der Waals surface area (Å²) in [7, 11) is 0. The predicted molar refractivity (Wildman–Crippen MR) is 65.1 cm³/mol. The summed E-state index contributed by atoms with van der Waals surface area (Å²) in [5.41, 5.74) is 0. The van der Waals surface area contributed by atoms with E-state index in [0.717, 1.165) is 6.42 Å². The van der Waals surface area contributed by atoms with Crippen LogP contribution < -0.4 is 0 Å². The van der Waals surface area contributed by atoms with Gasteiger partial charge in [0.25, 0.3) is 0 Å². The first-order chi connectivity index (χ1) is 7.44. The second kappa shape index (κ2) is 11.3. The molecule has 0 heterocycles. The Labute approximate surface area is 98.9 Å². The first-order valence-electron chi connectivity index (χ1n) is 6.09. The average molecular weight is 236 g/mol. The van der Waals surface area contributed by atoms with Crippen LogP contribution in [0, 0.1) is 5.92 Å². The zero-order valence-corrected chi connectivity index (χ0v) is 10.9. The molecule has 0 saturated heterocycles. The largest absolute Gasteiger partial charge is 0.396 e. The summed E-state index contributed by atoms with van der Waals surface area (Å²) in [6, 6.07) is 0. The van der Waals surface area contributed by atoms with E-state index in [1.807, 2.05) is 27.7 Å². The molecule has 4 atom stereocenters. The molecule has 0 aromatic rings. The second-order valence-corrected chi connectivity index (χ2v) is 4.09. The molecule has 4 nitrogen and oxygen atoms in total. The van der Waals surface area contributed by atoms with Crippen molar-refractivity contribution >= 4 is 0 Å². The van der Waals surface area contributed by atoms with Gasteiger partial charge >= 0.3 is 0 Å². The van der Waals surface area contributed by atoms with Gasteiger partial charge < -0.3 is 20.4 Å². The maximum Gasteiger partial charge on any atom is 0.0796 e. The summed E-state index contributed by atoms with van der Waals surface area (Å²) in [5.74, 6) is 0.0278. The molecule has 4 N–H and O–H groups in total. The van der Waals surface area contributed by atoms with E-state index < -0.39 is 12.2 Å². The first-order valence-corrected chi connectivity index (χ1v) is 6.09. The zero-order chi connectivity index (χ0) is 13.1. The molecule has 0 rings (SSSR count). The van der Waals surface area contributed by atoms with Gasteiger partial charge in [-0.25, -0.2) is 0 Å². The van der Waals surface area contributed by atoms with Crippen molar-refractivity contribution in [1.82, 2.24) is 0 Å². The van der Waals surface area contributed by atoms with Gasteiger partial charge in [-0.05, 0) is 19.3 Å². The zero-order valence-electron chi connectivity index (χ0n) is 10.9. The Morgan fingerprint density at radius 1 is 0.750 bits per heavy atom. The molecule has 0 saturated carbocycles. The molecule has 0 radical (unpaired) electrons. The number of aliphatic hydroxyl groups excluding tert-OH is 4. The first kappa shape index (κ1) is 18.2. The monoisotopic (exact) mass is 236 g/mol. The van der Waals surface area contributed by atoms with E-state index >= 15 is 0 Å². The maximum absolute atomic E-state index is 8.97. The van der Waals surface area contributed by atoms with Crippen LogP contribution in [0.25, 0.3) is 0 Å². The van der Waals surface area contributed by atoms with Crippen molar-refractivity contribution < 1.29 is 20.4 Å². The van der Waals surface area contributed by atoms with Crippen LogP contribution in [0.15, 0.2) is 0 Å². The standard InChI is InChI=1S/2C6H14O2/c1-3-6(8)5(2)4-7;1-3-5(7)6(8)4-2/h2*5-8H,3-4H2,1-2H3.